The van der Waals surface area contributed by atoms with Gasteiger partial charge in [0.05, 0.1) is 0 Å². The van der Waals surface area contributed by atoms with Gasteiger partial charge in [0, 0.05) is 6.08 Å². The van der Waals surface area contributed by atoms with E-state index >= 15 is 0 Å². The smallest absolute Gasteiger partial charge is 0.371 e. The van der Waals surface area contributed by atoms with Gasteiger partial charge in [0.25, 0.3) is 0 Å². The second kappa shape index (κ2) is 3.57. The normalized spacial score (nSPS) is 10.5. The van der Waals surface area contributed by atoms with Gasteiger partial charge in [0.2, 0.25) is 11.7 Å². The van der Waals surface area contributed by atoms with Crippen LogP contribution in [0.1, 0.15) is 16.3 Å². The van der Waals surface area contributed by atoms with E-state index in [1.54, 1.807) is 0 Å². The average molecular weight is 181 g/mol. The Hall–Kier alpha value is -2.04. The minimum absolute atomic E-state index is 0.177. The Morgan fingerprint density at radius 2 is 2.15 bits per heavy atom. The van der Waals surface area contributed by atoms with Crippen molar-refractivity contribution in [1.82, 2.24) is 0 Å². The Morgan fingerprint density at radius 3 is 2.62 bits per heavy atom. The van der Waals surface area contributed by atoms with E-state index in [1.807, 2.05) is 0 Å². The maximum atomic E-state index is 10.3. The highest BCUT2D eigenvalue weighted by atomic mass is 16.4. The molecule has 0 unspecified atom stereocenters. The van der Waals surface area contributed by atoms with Crippen molar-refractivity contribution in [3.05, 3.63) is 29.7 Å². The zero-order valence-corrected chi connectivity index (χ0v) is 6.56. The summed E-state index contributed by atoms with van der Waals surface area (Å²) in [6.45, 7) is 0. The average Bonchev–Trinajstić information content (AvgIpc) is 2.48. The van der Waals surface area contributed by atoms with Crippen molar-refractivity contribution >= 4 is 18.0 Å². The Morgan fingerprint density at radius 1 is 1.46 bits per heavy atom. The molecular weight excluding hydrogens is 174 g/mol. The molecular formula is C8H7NO4. The molecule has 0 aromatic carbocycles. The highest BCUT2D eigenvalue weighted by molar-refractivity contribution is 5.90. The largest absolute Gasteiger partial charge is 0.475 e. The molecule has 0 saturated heterocycles. The number of carboxylic acid groups (broad SMARTS) is 1. The molecule has 5 heteroatoms. The van der Waals surface area contributed by atoms with Crippen LogP contribution in [-0.2, 0) is 4.79 Å². The number of nitrogens with two attached hydrogens (primary N) is 1. The fourth-order valence-electron chi connectivity index (χ4n) is 0.722. The van der Waals surface area contributed by atoms with Gasteiger partial charge in [0.1, 0.15) is 5.76 Å². The van der Waals surface area contributed by atoms with E-state index in [2.05, 4.69) is 0 Å². The number of aromatic carboxylic acids is 1. The molecule has 0 aliphatic carbocycles. The van der Waals surface area contributed by atoms with Crippen molar-refractivity contribution in [2.24, 2.45) is 5.73 Å². The fourth-order valence-corrected chi connectivity index (χ4v) is 0.722. The van der Waals surface area contributed by atoms with Gasteiger partial charge in [-0.05, 0) is 18.2 Å². The number of furan rings is 1. The molecule has 1 rings (SSSR count). The lowest BCUT2D eigenvalue weighted by Gasteiger charge is -1.85. The third-order valence-electron chi connectivity index (χ3n) is 1.25. The van der Waals surface area contributed by atoms with E-state index in [0.29, 0.717) is 0 Å². The predicted molar refractivity (Wildman–Crippen MR) is 43.9 cm³/mol. The molecule has 1 aromatic rings. The molecule has 0 saturated carbocycles. The van der Waals surface area contributed by atoms with Crippen molar-refractivity contribution in [1.29, 1.82) is 0 Å². The molecule has 1 aromatic heterocycles. The third kappa shape index (κ3) is 2.48. The highest BCUT2D eigenvalue weighted by Gasteiger charge is 2.06. The van der Waals surface area contributed by atoms with Crippen LogP contribution in [0.2, 0.25) is 0 Å². The SMILES string of the molecule is NC(=O)/C=C\c1ccc(C(=O)O)o1. The molecule has 0 spiro atoms. The lowest BCUT2D eigenvalue weighted by molar-refractivity contribution is -0.113. The molecule has 68 valence electrons. The number of hydrogen-bond acceptors (Lipinski definition) is 3. The Bertz CT molecular complexity index is 364. The summed E-state index contributed by atoms with van der Waals surface area (Å²) in [5.74, 6) is -1.67. The summed E-state index contributed by atoms with van der Waals surface area (Å²) in [6.07, 6.45) is 2.39. The van der Waals surface area contributed by atoms with Gasteiger partial charge in [0.15, 0.2) is 0 Å². The van der Waals surface area contributed by atoms with E-state index in [4.69, 9.17) is 15.3 Å². The van der Waals surface area contributed by atoms with Crippen LogP contribution in [0.25, 0.3) is 6.08 Å². The second-order valence-electron chi connectivity index (χ2n) is 2.24. The number of hydrogen-bond donors (Lipinski definition) is 2. The zero-order chi connectivity index (χ0) is 9.84. The number of rotatable bonds is 3. The van der Waals surface area contributed by atoms with Gasteiger partial charge < -0.3 is 15.3 Å². The number of carboxylic acids is 1. The van der Waals surface area contributed by atoms with E-state index in [9.17, 15) is 9.59 Å². The quantitative estimate of drug-likeness (QED) is 0.663. The van der Waals surface area contributed by atoms with E-state index < -0.39 is 11.9 Å². The van der Waals surface area contributed by atoms with E-state index in [1.165, 1.54) is 18.2 Å². The van der Waals surface area contributed by atoms with Gasteiger partial charge in [-0.2, -0.15) is 0 Å². The minimum atomic E-state index is -1.15. The van der Waals surface area contributed by atoms with Gasteiger partial charge >= 0.3 is 5.97 Å². The number of carbonyl (C=O) groups excluding carboxylic acids is 1. The first-order valence-electron chi connectivity index (χ1n) is 3.40. The van der Waals surface area contributed by atoms with Crippen LogP contribution in [0.4, 0.5) is 0 Å². The molecule has 3 N–H and O–H groups in total. The number of carbonyl (C=O) groups is 2. The van der Waals surface area contributed by atoms with Crippen molar-refractivity contribution in [2.75, 3.05) is 0 Å². The van der Waals surface area contributed by atoms with Crippen molar-refractivity contribution < 1.29 is 19.1 Å². The molecule has 0 radical (unpaired) electrons. The molecule has 0 aliphatic heterocycles. The summed E-state index contributed by atoms with van der Waals surface area (Å²) in [4.78, 5) is 20.6. The zero-order valence-electron chi connectivity index (χ0n) is 6.56. The number of primary amides is 1. The summed E-state index contributed by atoms with van der Waals surface area (Å²) in [5, 5.41) is 8.47. The molecule has 0 fully saturated rings. The van der Waals surface area contributed by atoms with Gasteiger partial charge in [-0.25, -0.2) is 4.79 Å². The predicted octanol–water partition coefficient (Wildman–Crippen LogP) is 0.476. The van der Waals surface area contributed by atoms with Gasteiger partial charge in [-0.15, -0.1) is 0 Å². The lowest BCUT2D eigenvalue weighted by Crippen LogP contribution is -2.04. The van der Waals surface area contributed by atoms with Crippen LogP contribution in [0, 0.1) is 0 Å². The van der Waals surface area contributed by atoms with Crippen LogP contribution in [0.3, 0.4) is 0 Å². The fraction of sp³-hybridized carbons (Fsp3) is 0. The third-order valence-corrected chi connectivity index (χ3v) is 1.25. The Balaban J connectivity index is 2.80. The van der Waals surface area contributed by atoms with Gasteiger partial charge in [-0.1, -0.05) is 0 Å². The minimum Gasteiger partial charge on any atom is -0.475 e. The van der Waals surface area contributed by atoms with Crippen LogP contribution in [0.15, 0.2) is 22.6 Å². The van der Waals surface area contributed by atoms with Crippen molar-refractivity contribution in [3.8, 4) is 0 Å². The molecule has 13 heavy (non-hydrogen) atoms. The van der Waals surface area contributed by atoms with Crippen molar-refractivity contribution in [3.63, 3.8) is 0 Å². The topological polar surface area (TPSA) is 93.5 Å². The molecule has 0 bridgehead atoms. The Kier molecular flexibility index (Phi) is 2.49. The van der Waals surface area contributed by atoms with Crippen LogP contribution < -0.4 is 5.73 Å². The molecule has 1 heterocycles. The van der Waals surface area contributed by atoms with Crippen molar-refractivity contribution in [2.45, 2.75) is 0 Å². The van der Waals surface area contributed by atoms with E-state index in [-0.39, 0.29) is 11.5 Å². The maximum Gasteiger partial charge on any atom is 0.371 e. The Labute approximate surface area is 73.5 Å². The first-order valence-corrected chi connectivity index (χ1v) is 3.40. The maximum absolute atomic E-state index is 10.3. The number of amides is 1. The van der Waals surface area contributed by atoms with Crippen LogP contribution >= 0.6 is 0 Å². The summed E-state index contributed by atoms with van der Waals surface area (Å²) in [5.41, 5.74) is 4.82. The molecule has 0 atom stereocenters. The van der Waals surface area contributed by atoms with Crippen LogP contribution in [0.5, 0.6) is 0 Å². The van der Waals surface area contributed by atoms with E-state index in [0.717, 1.165) is 6.08 Å². The highest BCUT2D eigenvalue weighted by Crippen LogP contribution is 2.08. The second-order valence-corrected chi connectivity index (χ2v) is 2.24. The summed E-state index contributed by atoms with van der Waals surface area (Å²) >= 11 is 0. The summed E-state index contributed by atoms with van der Waals surface area (Å²) in [7, 11) is 0. The summed E-state index contributed by atoms with van der Waals surface area (Å²) in [6, 6.07) is 2.73. The standard InChI is InChI=1S/C8H7NO4/c9-7(10)4-2-5-1-3-6(13-5)8(11)12/h1-4H,(H2,9,10)(H,11,12)/b4-2-. The lowest BCUT2D eigenvalue weighted by atomic mass is 10.4. The molecule has 0 aliphatic rings. The van der Waals surface area contributed by atoms with Gasteiger partial charge in [-0.3, -0.25) is 4.79 Å². The summed E-state index contributed by atoms with van der Waals surface area (Å²) < 4.78 is 4.80. The molecule has 1 amide bonds. The molecule has 5 nitrogen and oxygen atoms in total. The van der Waals surface area contributed by atoms with Crippen LogP contribution in [-0.4, -0.2) is 17.0 Å². The monoisotopic (exact) mass is 181 g/mol. The first-order chi connectivity index (χ1) is 6.09. The first kappa shape index (κ1) is 9.05.